The van der Waals surface area contributed by atoms with Crippen LogP contribution in [0, 0.1) is 5.82 Å². The van der Waals surface area contributed by atoms with Gasteiger partial charge in [-0.05, 0) is 37.3 Å². The van der Waals surface area contributed by atoms with Gasteiger partial charge >= 0.3 is 0 Å². The van der Waals surface area contributed by atoms with Crippen LogP contribution < -0.4 is 15.8 Å². The molecule has 0 radical (unpaired) electrons. The third-order valence-corrected chi connectivity index (χ3v) is 4.04. The molecule has 0 unspecified atom stereocenters. The van der Waals surface area contributed by atoms with Gasteiger partial charge in [0, 0.05) is 17.4 Å². The van der Waals surface area contributed by atoms with Crippen molar-refractivity contribution in [3.63, 3.8) is 0 Å². The summed E-state index contributed by atoms with van der Waals surface area (Å²) in [6.45, 7) is 1.71. The molecule has 0 saturated carbocycles. The highest BCUT2D eigenvalue weighted by molar-refractivity contribution is 5.82. The number of pyridine rings is 1. The van der Waals surface area contributed by atoms with E-state index in [0.29, 0.717) is 23.9 Å². The molecule has 0 aliphatic carbocycles. The second-order valence-corrected chi connectivity index (χ2v) is 5.92. The van der Waals surface area contributed by atoms with Crippen molar-refractivity contribution in [3.05, 3.63) is 47.9 Å². The summed E-state index contributed by atoms with van der Waals surface area (Å²) in [5, 5.41) is 2.96. The number of amidine groups is 1. The molecule has 0 saturated heterocycles. The lowest BCUT2D eigenvalue weighted by Gasteiger charge is -2.33. The predicted octanol–water partition coefficient (Wildman–Crippen LogP) is 3.21. The molecule has 3 rings (SSSR count). The summed E-state index contributed by atoms with van der Waals surface area (Å²) >= 11 is 0. The smallest absolute Gasteiger partial charge is 0.269 e. The van der Waals surface area contributed by atoms with E-state index >= 15 is 0 Å². The number of anilines is 2. The highest BCUT2D eigenvalue weighted by Gasteiger charge is 2.46. The van der Waals surface area contributed by atoms with Crippen LogP contribution in [0.25, 0.3) is 0 Å². The Morgan fingerprint density at radius 2 is 2.19 bits per heavy atom. The summed E-state index contributed by atoms with van der Waals surface area (Å²) in [4.78, 5) is 8.02. The second-order valence-electron chi connectivity index (χ2n) is 5.92. The van der Waals surface area contributed by atoms with Gasteiger partial charge in [0.05, 0.1) is 13.2 Å². The van der Waals surface area contributed by atoms with E-state index in [0.717, 1.165) is 6.07 Å². The van der Waals surface area contributed by atoms with Gasteiger partial charge in [-0.1, -0.05) is 0 Å². The van der Waals surface area contributed by atoms with Gasteiger partial charge in [0.25, 0.3) is 6.43 Å². The van der Waals surface area contributed by atoms with Crippen molar-refractivity contribution >= 4 is 17.3 Å². The third kappa shape index (κ3) is 3.82. The summed E-state index contributed by atoms with van der Waals surface area (Å²) in [5.74, 6) is -0.0692. The van der Waals surface area contributed by atoms with Gasteiger partial charge < -0.3 is 20.5 Å². The first-order valence-electron chi connectivity index (χ1n) is 8.31. The van der Waals surface area contributed by atoms with E-state index in [9.17, 15) is 13.2 Å². The zero-order valence-corrected chi connectivity index (χ0v) is 14.6. The van der Waals surface area contributed by atoms with Gasteiger partial charge in [-0.15, -0.1) is 0 Å². The Bertz CT molecular complexity index is 847. The van der Waals surface area contributed by atoms with Gasteiger partial charge in [-0.2, -0.15) is 0 Å². The zero-order chi connectivity index (χ0) is 19.4. The minimum atomic E-state index is -3.00. The van der Waals surface area contributed by atoms with E-state index in [1.165, 1.54) is 12.1 Å². The van der Waals surface area contributed by atoms with Crippen molar-refractivity contribution in [1.82, 2.24) is 4.98 Å². The number of aliphatic imine (C=N–C) groups is 1. The molecule has 2 heterocycles. The van der Waals surface area contributed by atoms with E-state index in [2.05, 4.69) is 15.3 Å². The van der Waals surface area contributed by atoms with Crippen molar-refractivity contribution in [3.8, 4) is 5.75 Å². The lowest BCUT2D eigenvalue weighted by Crippen LogP contribution is -2.45. The van der Waals surface area contributed by atoms with Crippen LogP contribution in [0.5, 0.6) is 5.75 Å². The maximum atomic E-state index is 14.5. The molecule has 144 valence electrons. The van der Waals surface area contributed by atoms with Crippen LogP contribution in [0.4, 0.5) is 24.7 Å². The van der Waals surface area contributed by atoms with Gasteiger partial charge in [-0.3, -0.25) is 4.99 Å². The Labute approximate surface area is 154 Å². The first-order valence-corrected chi connectivity index (χ1v) is 8.31. The topological polar surface area (TPSA) is 81.8 Å². The molecule has 2 aromatic rings. The Hall–Kier alpha value is -2.81. The average Bonchev–Trinajstić information content (AvgIpc) is 2.65. The van der Waals surface area contributed by atoms with Gasteiger partial charge in [0.15, 0.2) is 17.1 Å². The fourth-order valence-electron chi connectivity index (χ4n) is 2.83. The fourth-order valence-corrected chi connectivity index (χ4v) is 2.83. The van der Waals surface area contributed by atoms with E-state index in [-0.39, 0.29) is 18.0 Å². The van der Waals surface area contributed by atoms with E-state index < -0.39 is 24.4 Å². The maximum absolute atomic E-state index is 14.5. The molecule has 0 bridgehead atoms. The molecule has 27 heavy (non-hydrogen) atoms. The van der Waals surface area contributed by atoms with Crippen LogP contribution in [-0.4, -0.2) is 37.1 Å². The van der Waals surface area contributed by atoms with Crippen LogP contribution in [0.2, 0.25) is 0 Å². The number of ether oxygens (including phenoxy) is 2. The predicted molar refractivity (Wildman–Crippen MR) is 95.2 cm³/mol. The van der Waals surface area contributed by atoms with E-state index in [4.69, 9.17) is 15.2 Å². The number of nitrogens with zero attached hydrogens (tertiary/aromatic N) is 2. The molecule has 1 aliphatic rings. The largest absolute Gasteiger partial charge is 0.490 e. The van der Waals surface area contributed by atoms with Gasteiger partial charge in [0.1, 0.15) is 18.3 Å². The quantitative estimate of drug-likeness (QED) is 0.804. The number of benzene rings is 1. The van der Waals surface area contributed by atoms with Crippen LogP contribution in [-0.2, 0) is 10.3 Å². The minimum Gasteiger partial charge on any atom is -0.490 e. The number of aromatic nitrogens is 1. The first kappa shape index (κ1) is 19.0. The molecular formula is C18H19F3N4O2. The summed E-state index contributed by atoms with van der Waals surface area (Å²) in [6, 6.07) is 7.18. The van der Waals surface area contributed by atoms with E-state index in [1.807, 2.05) is 6.92 Å². The number of alkyl halides is 2. The monoisotopic (exact) mass is 380 g/mol. The molecular weight excluding hydrogens is 361 g/mol. The van der Waals surface area contributed by atoms with Crippen molar-refractivity contribution in [2.24, 2.45) is 10.7 Å². The summed E-state index contributed by atoms with van der Waals surface area (Å²) in [5.41, 5.74) is 3.43. The number of nitrogens with two attached hydrogens (primary N) is 1. The van der Waals surface area contributed by atoms with E-state index in [1.54, 1.807) is 18.3 Å². The SMILES string of the molecule is CCOc1cccnc1Nc1ccc(F)c([C@]2(C(F)F)COCC(N)=N2)c1. The average molecular weight is 380 g/mol. The van der Waals surface area contributed by atoms with Gasteiger partial charge in [0.2, 0.25) is 0 Å². The molecule has 1 aliphatic heterocycles. The lowest BCUT2D eigenvalue weighted by molar-refractivity contribution is -0.0145. The zero-order valence-electron chi connectivity index (χ0n) is 14.6. The summed E-state index contributed by atoms with van der Waals surface area (Å²) in [6.07, 6.45) is -1.45. The van der Waals surface area contributed by atoms with Crippen LogP contribution >= 0.6 is 0 Å². The van der Waals surface area contributed by atoms with Crippen molar-refractivity contribution in [1.29, 1.82) is 0 Å². The van der Waals surface area contributed by atoms with Crippen molar-refractivity contribution < 1.29 is 22.6 Å². The molecule has 1 aromatic carbocycles. The van der Waals surface area contributed by atoms with Crippen LogP contribution in [0.1, 0.15) is 12.5 Å². The Morgan fingerprint density at radius 1 is 1.37 bits per heavy atom. The lowest BCUT2D eigenvalue weighted by atomic mass is 9.90. The van der Waals surface area contributed by atoms with Crippen LogP contribution in [0.15, 0.2) is 41.5 Å². The molecule has 0 fully saturated rings. The number of hydrogen-bond acceptors (Lipinski definition) is 6. The fraction of sp³-hybridized carbons (Fsp3) is 0.333. The highest BCUT2D eigenvalue weighted by atomic mass is 19.3. The molecule has 1 atom stereocenters. The van der Waals surface area contributed by atoms with Crippen molar-refractivity contribution in [2.75, 3.05) is 25.1 Å². The molecule has 3 N–H and O–H groups in total. The first-order chi connectivity index (χ1) is 13.0. The van der Waals surface area contributed by atoms with Crippen molar-refractivity contribution in [2.45, 2.75) is 18.9 Å². The molecule has 9 heteroatoms. The molecule has 0 spiro atoms. The van der Waals surface area contributed by atoms with Gasteiger partial charge in [-0.25, -0.2) is 18.2 Å². The maximum Gasteiger partial charge on any atom is 0.269 e. The number of nitrogens with one attached hydrogen (secondary N) is 1. The van der Waals surface area contributed by atoms with Crippen LogP contribution in [0.3, 0.4) is 0 Å². The Morgan fingerprint density at radius 3 is 2.89 bits per heavy atom. The molecule has 6 nitrogen and oxygen atoms in total. The Kier molecular flexibility index (Phi) is 5.50. The summed E-state index contributed by atoms with van der Waals surface area (Å²) < 4.78 is 52.8. The standard InChI is InChI=1S/C18H19F3N4O2/c1-2-27-14-4-3-7-23-16(14)24-11-5-6-13(19)12(8-11)18(17(20)21)10-26-9-15(22)25-18/h3-8,17H,2,9-10H2,1H3,(H2,22,25)(H,23,24)/t18-/m0/s1. The molecule has 1 aromatic heterocycles. The minimum absolute atomic E-state index is 0.0698. The third-order valence-electron chi connectivity index (χ3n) is 4.04. The molecule has 0 amide bonds. The highest BCUT2D eigenvalue weighted by Crippen LogP contribution is 2.38. The summed E-state index contributed by atoms with van der Waals surface area (Å²) in [7, 11) is 0. The number of hydrogen-bond donors (Lipinski definition) is 2. The normalized spacial score (nSPS) is 19.7. The number of halogens is 3. The second kappa shape index (κ2) is 7.83. The number of rotatable bonds is 6. The Balaban J connectivity index is 2.01.